The number of nitro groups is 1. The van der Waals surface area contributed by atoms with Crippen LogP contribution in [0.3, 0.4) is 0 Å². The van der Waals surface area contributed by atoms with Gasteiger partial charge in [-0.15, -0.1) is 0 Å². The molecule has 0 aliphatic heterocycles. The molecular weight excluding hydrogens is 445 g/mol. The van der Waals surface area contributed by atoms with E-state index in [4.69, 9.17) is 16.3 Å². The Morgan fingerprint density at radius 2 is 1.97 bits per heavy atom. The second kappa shape index (κ2) is 10.1. The molecule has 0 spiro atoms. The molecule has 0 aliphatic rings. The molecule has 13 heteroatoms. The maximum absolute atomic E-state index is 13.0. The lowest BCUT2D eigenvalue weighted by atomic mass is 10.2. The van der Waals surface area contributed by atoms with Crippen LogP contribution in [0.4, 0.5) is 24.7 Å². The molecule has 9 nitrogen and oxygen atoms in total. The minimum absolute atomic E-state index is 0.0259. The lowest BCUT2D eigenvalue weighted by Gasteiger charge is -2.12. The molecule has 2 amide bonds. The lowest BCUT2D eigenvalue weighted by Crippen LogP contribution is -2.26. The number of carbonyl (C=O) groups is 2. The summed E-state index contributed by atoms with van der Waals surface area (Å²) in [5, 5.41) is 15.5. The molecule has 1 aromatic carbocycles. The van der Waals surface area contributed by atoms with Gasteiger partial charge in [-0.3, -0.25) is 19.7 Å². The molecular formula is C18H16ClF3N4O5. The SMILES string of the molecule is CC(=O)Nc1cc(C(F)(F)F)cc(OCCCNC(=O)c2cc([N+](=O)[O-])ccc2Cl)n1. The number of amides is 2. The number of anilines is 1. The fourth-order valence-corrected chi connectivity index (χ4v) is 2.54. The van der Waals surface area contributed by atoms with Gasteiger partial charge in [0.25, 0.3) is 11.6 Å². The fraction of sp³-hybridized carbons (Fsp3) is 0.278. The van der Waals surface area contributed by atoms with E-state index in [1.165, 1.54) is 6.07 Å². The number of nitrogens with one attached hydrogen (secondary N) is 2. The molecule has 1 aromatic heterocycles. The van der Waals surface area contributed by atoms with Crippen molar-refractivity contribution < 1.29 is 32.4 Å². The van der Waals surface area contributed by atoms with Crippen LogP contribution >= 0.6 is 11.6 Å². The van der Waals surface area contributed by atoms with E-state index >= 15 is 0 Å². The first-order valence-electron chi connectivity index (χ1n) is 8.69. The third-order valence-corrected chi connectivity index (χ3v) is 4.02. The second-order valence-electron chi connectivity index (χ2n) is 6.14. The smallest absolute Gasteiger partial charge is 0.416 e. The van der Waals surface area contributed by atoms with Gasteiger partial charge in [0.1, 0.15) is 5.82 Å². The molecule has 0 unspecified atom stereocenters. The number of hydrogen-bond donors (Lipinski definition) is 2. The summed E-state index contributed by atoms with van der Waals surface area (Å²) in [4.78, 5) is 37.1. The number of nitro benzene ring substituents is 1. The third kappa shape index (κ3) is 7.10. The molecule has 2 rings (SSSR count). The van der Waals surface area contributed by atoms with E-state index in [9.17, 15) is 32.9 Å². The summed E-state index contributed by atoms with van der Waals surface area (Å²) >= 11 is 5.88. The van der Waals surface area contributed by atoms with E-state index in [1.807, 2.05) is 0 Å². The largest absolute Gasteiger partial charge is 0.478 e. The number of halogens is 4. The van der Waals surface area contributed by atoms with Crippen LogP contribution in [0.5, 0.6) is 5.88 Å². The van der Waals surface area contributed by atoms with Crippen LogP contribution < -0.4 is 15.4 Å². The maximum atomic E-state index is 13.0. The van der Waals surface area contributed by atoms with Crippen molar-refractivity contribution in [2.75, 3.05) is 18.5 Å². The minimum Gasteiger partial charge on any atom is -0.478 e. The van der Waals surface area contributed by atoms with Crippen molar-refractivity contribution in [3.63, 3.8) is 0 Å². The van der Waals surface area contributed by atoms with Crippen molar-refractivity contribution in [3.8, 4) is 5.88 Å². The maximum Gasteiger partial charge on any atom is 0.416 e. The topological polar surface area (TPSA) is 123 Å². The third-order valence-electron chi connectivity index (χ3n) is 3.70. The Kier molecular flexibility index (Phi) is 7.75. The second-order valence-corrected chi connectivity index (χ2v) is 6.54. The summed E-state index contributed by atoms with van der Waals surface area (Å²) in [6.07, 6.45) is -4.48. The molecule has 31 heavy (non-hydrogen) atoms. The zero-order chi connectivity index (χ0) is 23.2. The highest BCUT2D eigenvalue weighted by molar-refractivity contribution is 6.33. The van der Waals surface area contributed by atoms with Gasteiger partial charge >= 0.3 is 6.18 Å². The normalized spacial score (nSPS) is 11.0. The van der Waals surface area contributed by atoms with Gasteiger partial charge in [0.15, 0.2) is 0 Å². The molecule has 0 bridgehead atoms. The number of benzene rings is 1. The standard InChI is InChI=1S/C18H16ClF3N4O5/c1-10(27)24-15-7-11(18(20,21)22)8-16(25-15)31-6-2-5-23-17(28)13-9-12(26(29)30)3-4-14(13)19/h3-4,7-9H,2,5-6H2,1H3,(H,23,28)(H,24,25,27). The van der Waals surface area contributed by atoms with E-state index in [-0.39, 0.29) is 47.5 Å². The summed E-state index contributed by atoms with van der Waals surface area (Å²) in [6.45, 7) is 1.07. The highest BCUT2D eigenvalue weighted by Gasteiger charge is 2.32. The van der Waals surface area contributed by atoms with Crippen LogP contribution in [0.2, 0.25) is 5.02 Å². The van der Waals surface area contributed by atoms with Crippen molar-refractivity contribution in [1.82, 2.24) is 10.3 Å². The lowest BCUT2D eigenvalue weighted by molar-refractivity contribution is -0.384. The molecule has 0 aliphatic carbocycles. The van der Waals surface area contributed by atoms with E-state index in [2.05, 4.69) is 15.6 Å². The van der Waals surface area contributed by atoms with Crippen LogP contribution in [0, 0.1) is 10.1 Å². The summed E-state index contributed by atoms with van der Waals surface area (Å²) in [7, 11) is 0. The van der Waals surface area contributed by atoms with Crippen molar-refractivity contribution in [2.24, 2.45) is 0 Å². The van der Waals surface area contributed by atoms with Gasteiger partial charge in [-0.05, 0) is 18.6 Å². The summed E-state index contributed by atoms with van der Waals surface area (Å²) in [6, 6.07) is 4.78. The van der Waals surface area contributed by atoms with Gasteiger partial charge in [-0.25, -0.2) is 0 Å². The van der Waals surface area contributed by atoms with Crippen LogP contribution in [0.25, 0.3) is 0 Å². The van der Waals surface area contributed by atoms with Crippen molar-refractivity contribution in [2.45, 2.75) is 19.5 Å². The molecule has 0 fully saturated rings. The molecule has 1 heterocycles. The summed E-state index contributed by atoms with van der Waals surface area (Å²) < 4.78 is 44.2. The number of pyridine rings is 1. The Hall–Kier alpha value is -3.41. The predicted molar refractivity (Wildman–Crippen MR) is 104 cm³/mol. The fourth-order valence-electron chi connectivity index (χ4n) is 2.33. The average molecular weight is 461 g/mol. The van der Waals surface area contributed by atoms with E-state index in [1.54, 1.807) is 0 Å². The van der Waals surface area contributed by atoms with Crippen molar-refractivity contribution in [1.29, 1.82) is 0 Å². The zero-order valence-corrected chi connectivity index (χ0v) is 16.7. The number of non-ortho nitro benzene ring substituents is 1. The van der Waals surface area contributed by atoms with Crippen LogP contribution in [0.15, 0.2) is 30.3 Å². The van der Waals surface area contributed by atoms with Gasteiger partial charge < -0.3 is 15.4 Å². The van der Waals surface area contributed by atoms with Crippen LogP contribution in [-0.4, -0.2) is 34.9 Å². The first kappa shape index (κ1) is 23.9. The molecule has 0 radical (unpaired) electrons. The Morgan fingerprint density at radius 3 is 2.58 bits per heavy atom. The monoisotopic (exact) mass is 460 g/mol. The first-order chi connectivity index (χ1) is 14.5. The van der Waals surface area contributed by atoms with Crippen LogP contribution in [-0.2, 0) is 11.0 Å². The minimum atomic E-state index is -4.67. The Morgan fingerprint density at radius 1 is 1.26 bits per heavy atom. The van der Waals surface area contributed by atoms with E-state index in [0.717, 1.165) is 19.1 Å². The van der Waals surface area contributed by atoms with Crippen molar-refractivity contribution in [3.05, 3.63) is 56.6 Å². The first-order valence-corrected chi connectivity index (χ1v) is 9.07. The zero-order valence-electron chi connectivity index (χ0n) is 16.0. The summed E-state index contributed by atoms with van der Waals surface area (Å²) in [5.74, 6) is -1.92. The number of nitrogens with zero attached hydrogens (tertiary/aromatic N) is 2. The highest BCUT2D eigenvalue weighted by atomic mass is 35.5. The Bertz CT molecular complexity index is 1000. The van der Waals surface area contributed by atoms with Crippen molar-refractivity contribution >= 4 is 34.9 Å². The quantitative estimate of drug-likeness (QED) is 0.350. The van der Waals surface area contributed by atoms with Gasteiger partial charge in [0.2, 0.25) is 11.8 Å². The Balaban J connectivity index is 1.94. The molecule has 2 N–H and O–H groups in total. The number of carbonyl (C=O) groups excluding carboxylic acids is 2. The molecule has 0 saturated carbocycles. The number of hydrogen-bond acceptors (Lipinski definition) is 6. The summed E-state index contributed by atoms with van der Waals surface area (Å²) in [5.41, 5.74) is -1.44. The number of ether oxygens (including phenoxy) is 1. The molecule has 0 atom stereocenters. The van der Waals surface area contributed by atoms with E-state index < -0.39 is 28.5 Å². The number of alkyl halides is 3. The number of rotatable bonds is 8. The van der Waals surface area contributed by atoms with Gasteiger partial charge in [-0.2, -0.15) is 18.2 Å². The van der Waals surface area contributed by atoms with Gasteiger partial charge in [0, 0.05) is 31.7 Å². The number of aromatic nitrogens is 1. The predicted octanol–water partition coefficient (Wildman–Crippen LogP) is 3.82. The average Bonchev–Trinajstić information content (AvgIpc) is 2.66. The molecule has 166 valence electrons. The van der Waals surface area contributed by atoms with Gasteiger partial charge in [-0.1, -0.05) is 11.6 Å². The molecule has 0 saturated heterocycles. The van der Waals surface area contributed by atoms with Gasteiger partial charge in [0.05, 0.1) is 27.7 Å². The highest BCUT2D eigenvalue weighted by Crippen LogP contribution is 2.32. The Labute approximate surface area is 178 Å². The van der Waals surface area contributed by atoms with E-state index in [0.29, 0.717) is 12.1 Å². The molecule has 2 aromatic rings. The van der Waals surface area contributed by atoms with Crippen LogP contribution in [0.1, 0.15) is 29.3 Å².